The van der Waals surface area contributed by atoms with E-state index < -0.39 is 18.5 Å². The van der Waals surface area contributed by atoms with Crippen LogP contribution in [0.1, 0.15) is 17.4 Å². The molecule has 3 aliphatic rings. The van der Waals surface area contributed by atoms with E-state index in [4.69, 9.17) is 18.6 Å². The van der Waals surface area contributed by atoms with Gasteiger partial charge < -0.3 is 28.6 Å². The highest BCUT2D eigenvalue weighted by Gasteiger charge is 2.62. The van der Waals surface area contributed by atoms with Crippen LogP contribution in [0.25, 0.3) is 11.0 Å². The van der Waals surface area contributed by atoms with Gasteiger partial charge in [-0.3, -0.25) is 0 Å². The molecule has 0 spiro atoms. The van der Waals surface area contributed by atoms with Crippen molar-refractivity contribution in [2.24, 2.45) is 0 Å². The minimum atomic E-state index is -0.718. The zero-order valence-electron chi connectivity index (χ0n) is 16.3. The first-order valence-corrected chi connectivity index (χ1v) is 10.1. The largest absolute Gasteiger partial charge is 0.423 e. The summed E-state index contributed by atoms with van der Waals surface area (Å²) in [5.74, 6) is 0. The molecule has 30 heavy (non-hydrogen) atoms. The molecular formula is C23H21NO6. The van der Waals surface area contributed by atoms with Crippen LogP contribution < -0.4 is 10.5 Å². The molecule has 3 saturated heterocycles. The highest BCUT2D eigenvalue weighted by Crippen LogP contribution is 2.47. The number of nitrogens with zero attached hydrogens (tertiary/aromatic N) is 1. The lowest BCUT2D eigenvalue weighted by atomic mass is 10.0. The summed E-state index contributed by atoms with van der Waals surface area (Å²) in [6, 6.07) is 16.7. The molecule has 4 heterocycles. The third kappa shape index (κ3) is 2.78. The molecule has 1 aromatic heterocycles. The summed E-state index contributed by atoms with van der Waals surface area (Å²) in [5, 5.41) is 11.9. The summed E-state index contributed by atoms with van der Waals surface area (Å²) < 4.78 is 23.5. The summed E-state index contributed by atoms with van der Waals surface area (Å²) in [6.45, 7) is 2.23. The summed E-state index contributed by atoms with van der Waals surface area (Å²) >= 11 is 0. The van der Waals surface area contributed by atoms with Crippen LogP contribution in [0.15, 0.2) is 63.8 Å². The Morgan fingerprint density at radius 2 is 1.90 bits per heavy atom. The molecule has 154 valence electrons. The van der Waals surface area contributed by atoms with E-state index in [1.807, 2.05) is 60.4 Å². The first-order chi connectivity index (χ1) is 14.6. The molecule has 3 aliphatic heterocycles. The van der Waals surface area contributed by atoms with Crippen LogP contribution in [-0.4, -0.2) is 42.3 Å². The molecule has 2 aromatic carbocycles. The molecule has 0 radical (unpaired) electrons. The van der Waals surface area contributed by atoms with Crippen LogP contribution in [0.3, 0.4) is 0 Å². The highest BCUT2D eigenvalue weighted by molar-refractivity contribution is 5.84. The Labute approximate surface area is 172 Å². The maximum Gasteiger partial charge on any atom is 0.336 e. The topological polar surface area (TPSA) is 81.1 Å². The quantitative estimate of drug-likeness (QED) is 0.516. The number of benzene rings is 2. The Kier molecular flexibility index (Phi) is 4.01. The number of hydrogen-bond donors (Lipinski definition) is 1. The van der Waals surface area contributed by atoms with Gasteiger partial charge in [-0.25, -0.2) is 4.79 Å². The summed E-state index contributed by atoms with van der Waals surface area (Å²) in [4.78, 5) is 13.7. The minimum Gasteiger partial charge on any atom is -0.423 e. The van der Waals surface area contributed by atoms with E-state index in [1.54, 1.807) is 0 Å². The smallest absolute Gasteiger partial charge is 0.336 e. The number of aliphatic hydroxyl groups is 1. The average Bonchev–Trinajstić information content (AvgIpc) is 3.48. The molecule has 3 aromatic rings. The number of aliphatic hydroxyl groups excluding tert-OH is 1. The van der Waals surface area contributed by atoms with Gasteiger partial charge in [0.15, 0.2) is 12.5 Å². The van der Waals surface area contributed by atoms with Gasteiger partial charge in [-0.05, 0) is 24.6 Å². The minimum absolute atomic E-state index is 0.213. The predicted octanol–water partition coefficient (Wildman–Crippen LogP) is 2.49. The van der Waals surface area contributed by atoms with Gasteiger partial charge in [0, 0.05) is 28.8 Å². The molecule has 0 saturated carbocycles. The zero-order valence-corrected chi connectivity index (χ0v) is 16.3. The van der Waals surface area contributed by atoms with Crippen LogP contribution in [0.2, 0.25) is 0 Å². The lowest BCUT2D eigenvalue weighted by molar-refractivity contribution is -0.296. The lowest BCUT2D eigenvalue weighted by Crippen LogP contribution is -2.54. The molecule has 3 fully saturated rings. The first kappa shape index (κ1) is 18.1. The van der Waals surface area contributed by atoms with Gasteiger partial charge in [0.05, 0.1) is 6.61 Å². The van der Waals surface area contributed by atoms with Gasteiger partial charge >= 0.3 is 5.63 Å². The third-order valence-electron chi connectivity index (χ3n) is 6.16. The van der Waals surface area contributed by atoms with E-state index in [-0.39, 0.29) is 24.0 Å². The van der Waals surface area contributed by atoms with Crippen molar-refractivity contribution in [2.45, 2.75) is 43.8 Å². The van der Waals surface area contributed by atoms with Crippen LogP contribution in [0.4, 0.5) is 5.69 Å². The van der Waals surface area contributed by atoms with Crippen molar-refractivity contribution in [2.75, 3.05) is 11.5 Å². The van der Waals surface area contributed by atoms with Crippen molar-refractivity contribution in [1.82, 2.24) is 0 Å². The second-order valence-corrected chi connectivity index (χ2v) is 8.06. The number of aryl methyl sites for hydroxylation is 1. The fourth-order valence-corrected chi connectivity index (χ4v) is 4.62. The predicted molar refractivity (Wildman–Crippen MR) is 108 cm³/mol. The zero-order chi connectivity index (χ0) is 20.4. The average molecular weight is 407 g/mol. The summed E-state index contributed by atoms with van der Waals surface area (Å²) in [6.07, 6.45) is -2.31. The van der Waals surface area contributed by atoms with Gasteiger partial charge in [0.1, 0.15) is 29.9 Å². The van der Waals surface area contributed by atoms with Crippen molar-refractivity contribution < 1.29 is 23.7 Å². The number of anilines is 1. The Morgan fingerprint density at radius 3 is 2.73 bits per heavy atom. The summed E-state index contributed by atoms with van der Waals surface area (Å²) in [5.41, 5.74) is 2.77. The second kappa shape index (κ2) is 6.65. The number of fused-ring (bicyclic) bond motifs is 3. The van der Waals surface area contributed by atoms with Crippen molar-refractivity contribution in [3.05, 3.63) is 76.1 Å². The van der Waals surface area contributed by atoms with E-state index in [9.17, 15) is 9.90 Å². The van der Waals surface area contributed by atoms with Crippen LogP contribution in [0, 0.1) is 6.92 Å². The normalized spacial score (nSPS) is 32.5. The van der Waals surface area contributed by atoms with Gasteiger partial charge in [0.2, 0.25) is 0 Å². The van der Waals surface area contributed by atoms with E-state index in [2.05, 4.69) is 0 Å². The van der Waals surface area contributed by atoms with Gasteiger partial charge in [-0.1, -0.05) is 30.3 Å². The van der Waals surface area contributed by atoms with E-state index in [0.717, 1.165) is 22.2 Å². The molecule has 0 amide bonds. The number of hydrogen-bond acceptors (Lipinski definition) is 7. The maximum absolute atomic E-state index is 11.7. The van der Waals surface area contributed by atoms with E-state index in [1.165, 1.54) is 6.07 Å². The Balaban J connectivity index is 1.26. The second-order valence-electron chi connectivity index (χ2n) is 8.06. The van der Waals surface area contributed by atoms with E-state index in [0.29, 0.717) is 12.2 Å². The first-order valence-electron chi connectivity index (χ1n) is 10.1. The van der Waals surface area contributed by atoms with Gasteiger partial charge in [-0.2, -0.15) is 0 Å². The lowest BCUT2D eigenvalue weighted by Gasteiger charge is -2.40. The molecule has 7 heteroatoms. The molecule has 0 bridgehead atoms. The third-order valence-corrected chi connectivity index (χ3v) is 6.16. The summed E-state index contributed by atoms with van der Waals surface area (Å²) in [7, 11) is 0. The standard InChI is InChI=1S/C23H21NO6/c1-12-9-18(25)28-16-10-14(7-8-15(12)16)24-19-20(26)21-17(29-22(19)24)11-27-23(30-21)13-5-3-2-4-6-13/h2-10,17,19-23,26H,11H2,1H3/t17?,19?,20?,21-,22+,23?,24?/m1/s1. The highest BCUT2D eigenvalue weighted by atomic mass is 16.7. The molecular weight excluding hydrogens is 386 g/mol. The molecule has 0 aliphatic carbocycles. The fourth-order valence-electron chi connectivity index (χ4n) is 4.62. The van der Waals surface area contributed by atoms with Gasteiger partial charge in [0.25, 0.3) is 0 Å². The van der Waals surface area contributed by atoms with E-state index >= 15 is 0 Å². The molecule has 6 rings (SSSR count). The molecule has 7 nitrogen and oxygen atoms in total. The number of ether oxygens (including phenoxy) is 3. The van der Waals surface area contributed by atoms with Crippen LogP contribution in [0.5, 0.6) is 0 Å². The van der Waals surface area contributed by atoms with Gasteiger partial charge in [-0.15, -0.1) is 0 Å². The molecule has 1 N–H and O–H groups in total. The Bertz CT molecular complexity index is 1160. The van der Waals surface area contributed by atoms with Crippen LogP contribution in [-0.2, 0) is 14.2 Å². The Morgan fingerprint density at radius 1 is 1.07 bits per heavy atom. The molecule has 4 unspecified atom stereocenters. The monoisotopic (exact) mass is 407 g/mol. The number of rotatable bonds is 2. The van der Waals surface area contributed by atoms with Crippen molar-refractivity contribution in [1.29, 1.82) is 0 Å². The van der Waals surface area contributed by atoms with Crippen molar-refractivity contribution in [3.63, 3.8) is 0 Å². The maximum atomic E-state index is 11.7. The van der Waals surface area contributed by atoms with Crippen molar-refractivity contribution >= 4 is 16.7 Å². The molecule has 6 atom stereocenters. The SMILES string of the molecule is Cc1cc(=O)oc2cc(N3C4C(O)[C@@H]5OC(c6ccccc6)OCC5O[C@@H]43)ccc12. The van der Waals surface area contributed by atoms with Crippen molar-refractivity contribution in [3.8, 4) is 0 Å². The Hall–Kier alpha value is -2.71. The van der Waals surface area contributed by atoms with Crippen LogP contribution >= 0.6 is 0 Å². The fraction of sp³-hybridized carbons (Fsp3) is 0.348.